The molecule has 2 saturated carbocycles. The van der Waals surface area contributed by atoms with Crippen molar-refractivity contribution in [2.75, 3.05) is 0 Å². The zero-order chi connectivity index (χ0) is 16.2. The first kappa shape index (κ1) is 19.6. The smallest absolute Gasteiger partial charge is 0.0620 e. The van der Waals surface area contributed by atoms with Crippen LogP contribution in [0.3, 0.4) is 0 Å². The van der Waals surface area contributed by atoms with Crippen LogP contribution in [0, 0.1) is 0 Å². The highest BCUT2D eigenvalue weighted by Gasteiger charge is 2.24. The van der Waals surface area contributed by atoms with Crippen LogP contribution in [0.25, 0.3) is 0 Å². The van der Waals surface area contributed by atoms with Crippen molar-refractivity contribution in [3.05, 3.63) is 0 Å². The topological polar surface area (TPSA) is 0 Å². The molecule has 0 atom stereocenters. The van der Waals surface area contributed by atoms with Gasteiger partial charge in [0, 0.05) is 7.06 Å². The molecule has 0 N–H and O–H groups in total. The van der Waals surface area contributed by atoms with Gasteiger partial charge < -0.3 is 0 Å². The van der Waals surface area contributed by atoms with Gasteiger partial charge >= 0.3 is 0 Å². The van der Waals surface area contributed by atoms with Crippen molar-refractivity contribution >= 4 is 29.2 Å². The Labute approximate surface area is 149 Å². The SMILES string of the molecule is [B]C1([B][B][B]C2CCCCCCCCC2)CCCCCCCC1. The summed E-state index contributed by atoms with van der Waals surface area (Å²) in [5.74, 6) is 0.796. The fourth-order valence-corrected chi connectivity index (χ4v) is 4.35. The van der Waals surface area contributed by atoms with E-state index in [0.717, 1.165) is 5.82 Å². The highest BCUT2D eigenvalue weighted by molar-refractivity contribution is 7.31. The molecule has 123 valence electrons. The second-order valence-corrected chi connectivity index (χ2v) is 8.22. The van der Waals surface area contributed by atoms with Gasteiger partial charge in [0.25, 0.3) is 0 Å². The maximum Gasteiger partial charge on any atom is 0.0620 e. The summed E-state index contributed by atoms with van der Waals surface area (Å²) in [6.07, 6.45) is 23.4. The summed E-state index contributed by atoms with van der Waals surface area (Å²) in [5, 5.41) is -0.0309. The summed E-state index contributed by atoms with van der Waals surface area (Å²) in [6.45, 7) is 0. The fraction of sp³-hybridized carbons (Fsp3) is 1.00. The Kier molecular flexibility index (Phi) is 10.0. The average Bonchev–Trinajstić information content (AvgIpc) is 2.66. The lowest BCUT2D eigenvalue weighted by Gasteiger charge is -2.30. The second-order valence-electron chi connectivity index (χ2n) is 8.22. The molecule has 0 spiro atoms. The Morgan fingerprint density at radius 3 is 1.57 bits per heavy atom. The van der Waals surface area contributed by atoms with Gasteiger partial charge in [-0.15, -0.1) is 0 Å². The first-order valence-corrected chi connectivity index (χ1v) is 10.6. The lowest BCUT2D eigenvalue weighted by atomic mass is 9.09. The normalized spacial score (nSPS) is 25.4. The molecule has 4 heteroatoms. The molecule has 0 nitrogen and oxygen atoms in total. The van der Waals surface area contributed by atoms with Crippen molar-refractivity contribution in [3.63, 3.8) is 0 Å². The molecule has 0 heterocycles. The monoisotopic (exact) mass is 307 g/mol. The van der Waals surface area contributed by atoms with Gasteiger partial charge in [-0.2, -0.15) is 0 Å². The van der Waals surface area contributed by atoms with E-state index in [1.54, 1.807) is 0 Å². The molecule has 0 aliphatic heterocycles. The molecule has 0 unspecified atom stereocenters. The second kappa shape index (κ2) is 11.8. The van der Waals surface area contributed by atoms with Crippen molar-refractivity contribution in [1.82, 2.24) is 0 Å². The maximum atomic E-state index is 6.71. The van der Waals surface area contributed by atoms with Gasteiger partial charge in [0.05, 0.1) is 22.2 Å². The van der Waals surface area contributed by atoms with E-state index in [4.69, 9.17) is 7.85 Å². The molecule has 0 bridgehead atoms. The quantitative estimate of drug-likeness (QED) is 0.588. The van der Waals surface area contributed by atoms with Crippen LogP contribution in [0.1, 0.15) is 109 Å². The van der Waals surface area contributed by atoms with Crippen LogP contribution in [0.5, 0.6) is 0 Å². The molecular weight excluding hydrogens is 271 g/mol. The van der Waals surface area contributed by atoms with Crippen molar-refractivity contribution < 1.29 is 0 Å². The molecule has 23 heavy (non-hydrogen) atoms. The van der Waals surface area contributed by atoms with E-state index in [1.165, 1.54) is 109 Å². The predicted molar refractivity (Wildman–Crippen MR) is 108 cm³/mol. The molecule has 0 aromatic heterocycles. The Morgan fingerprint density at radius 2 is 1.04 bits per heavy atom. The van der Waals surface area contributed by atoms with Crippen molar-refractivity contribution in [2.24, 2.45) is 0 Å². The fourth-order valence-electron chi connectivity index (χ4n) is 4.35. The number of rotatable bonds is 4. The summed E-state index contributed by atoms with van der Waals surface area (Å²) in [4.78, 5) is 0. The van der Waals surface area contributed by atoms with Crippen molar-refractivity contribution in [2.45, 2.75) is 120 Å². The first-order chi connectivity index (χ1) is 11.3. The molecule has 0 amide bonds. The number of hydrogen-bond donors (Lipinski definition) is 0. The van der Waals surface area contributed by atoms with Crippen molar-refractivity contribution in [1.29, 1.82) is 0 Å². The molecule has 2 rings (SSSR count). The van der Waals surface area contributed by atoms with E-state index in [1.807, 2.05) is 0 Å². The summed E-state index contributed by atoms with van der Waals surface area (Å²) in [7, 11) is 13.9. The lowest BCUT2D eigenvalue weighted by molar-refractivity contribution is 0.503. The Hall–Kier alpha value is 0.260. The van der Waals surface area contributed by atoms with Crippen LogP contribution in [-0.4, -0.2) is 29.2 Å². The molecule has 2 aliphatic rings. The Bertz CT molecular complexity index is 275. The summed E-state index contributed by atoms with van der Waals surface area (Å²) in [5.41, 5.74) is 0. The molecule has 0 aromatic carbocycles. The third-order valence-corrected chi connectivity index (χ3v) is 6.00. The maximum absolute atomic E-state index is 6.71. The van der Waals surface area contributed by atoms with Gasteiger partial charge in [0.1, 0.15) is 0 Å². The number of hydrogen-bond acceptors (Lipinski definition) is 0. The van der Waals surface area contributed by atoms with E-state index in [2.05, 4.69) is 21.4 Å². The van der Waals surface area contributed by atoms with Crippen LogP contribution in [0.4, 0.5) is 0 Å². The largest absolute Gasteiger partial charge is 0.0997 e. The summed E-state index contributed by atoms with van der Waals surface area (Å²) < 4.78 is 0. The molecule has 2 fully saturated rings. The minimum atomic E-state index is -0.0309. The standard InChI is InChI=1S/C19H35B4/c20-19(16-12-8-4-5-9-13-17-19)22-23-21-18-14-10-6-2-1-3-7-11-15-18/h18H,1-17H2. The minimum absolute atomic E-state index is 0.0309. The van der Waals surface area contributed by atoms with Gasteiger partial charge in [0.15, 0.2) is 0 Å². The van der Waals surface area contributed by atoms with E-state index >= 15 is 0 Å². The van der Waals surface area contributed by atoms with E-state index in [9.17, 15) is 0 Å². The van der Waals surface area contributed by atoms with Crippen LogP contribution in [-0.2, 0) is 0 Å². The third kappa shape index (κ3) is 8.78. The van der Waals surface area contributed by atoms with Crippen LogP contribution >= 0.6 is 0 Å². The zero-order valence-electron chi connectivity index (χ0n) is 15.4. The highest BCUT2D eigenvalue weighted by Crippen LogP contribution is 2.35. The molecule has 5 radical (unpaired) electrons. The molecule has 2 aliphatic carbocycles. The first-order valence-electron chi connectivity index (χ1n) is 10.6. The van der Waals surface area contributed by atoms with Crippen LogP contribution in [0.2, 0.25) is 11.0 Å². The van der Waals surface area contributed by atoms with E-state index in [0.29, 0.717) is 0 Å². The van der Waals surface area contributed by atoms with Gasteiger partial charge in [0.2, 0.25) is 0 Å². The average molecular weight is 307 g/mol. The predicted octanol–water partition coefficient (Wildman–Crippen LogP) is 5.66. The van der Waals surface area contributed by atoms with E-state index in [-0.39, 0.29) is 5.21 Å². The van der Waals surface area contributed by atoms with Crippen LogP contribution in [0.15, 0.2) is 0 Å². The van der Waals surface area contributed by atoms with Crippen LogP contribution < -0.4 is 0 Å². The molecule has 0 saturated heterocycles. The van der Waals surface area contributed by atoms with Gasteiger partial charge in [-0.3, -0.25) is 0 Å². The van der Waals surface area contributed by atoms with Gasteiger partial charge in [-0.25, -0.2) is 0 Å². The van der Waals surface area contributed by atoms with Gasteiger partial charge in [-0.1, -0.05) is 120 Å². The minimum Gasteiger partial charge on any atom is -0.0997 e. The molecular formula is C19H35B4. The molecule has 0 aromatic rings. The summed E-state index contributed by atoms with van der Waals surface area (Å²) >= 11 is 0. The summed E-state index contributed by atoms with van der Waals surface area (Å²) in [6, 6.07) is 0. The Balaban J connectivity index is 1.69. The van der Waals surface area contributed by atoms with E-state index < -0.39 is 0 Å². The third-order valence-electron chi connectivity index (χ3n) is 6.00. The lowest BCUT2D eigenvalue weighted by Crippen LogP contribution is -2.30. The zero-order valence-corrected chi connectivity index (χ0v) is 15.4. The Morgan fingerprint density at radius 1 is 0.609 bits per heavy atom. The van der Waals surface area contributed by atoms with Gasteiger partial charge in [-0.05, 0) is 0 Å². The highest BCUT2D eigenvalue weighted by atomic mass is 14.1. The van der Waals surface area contributed by atoms with Crippen molar-refractivity contribution in [3.8, 4) is 0 Å².